The SMILES string of the molecule is CC(C)Oc1c(F)cc(Nc2ncc(F)c(NC3CC(C)(C)NC(C)(C)C3)n2)cc1-c1nnnn1C. The van der Waals surface area contributed by atoms with Crippen molar-refractivity contribution in [3.63, 3.8) is 0 Å². The van der Waals surface area contributed by atoms with Crippen molar-refractivity contribution in [2.75, 3.05) is 10.6 Å². The number of rotatable bonds is 7. The van der Waals surface area contributed by atoms with E-state index in [4.69, 9.17) is 4.74 Å². The Morgan fingerprint density at radius 1 is 1.11 bits per heavy atom. The van der Waals surface area contributed by atoms with Gasteiger partial charge >= 0.3 is 0 Å². The van der Waals surface area contributed by atoms with Gasteiger partial charge in [-0.2, -0.15) is 4.98 Å². The number of hydrogen-bond acceptors (Lipinski definition) is 9. The second-order valence-corrected chi connectivity index (χ2v) is 10.8. The van der Waals surface area contributed by atoms with Crippen LogP contribution in [-0.2, 0) is 7.05 Å². The summed E-state index contributed by atoms with van der Waals surface area (Å²) in [5.41, 5.74) is 0.459. The minimum atomic E-state index is -0.605. The second kappa shape index (κ2) is 9.57. The third-order valence-corrected chi connectivity index (χ3v) is 5.79. The molecule has 36 heavy (non-hydrogen) atoms. The Labute approximate surface area is 209 Å². The monoisotopic (exact) mass is 501 g/mol. The van der Waals surface area contributed by atoms with Crippen LogP contribution in [0.1, 0.15) is 54.4 Å². The Hall–Kier alpha value is -3.41. The first-order chi connectivity index (χ1) is 16.8. The summed E-state index contributed by atoms with van der Waals surface area (Å²) in [6.45, 7) is 12.1. The summed E-state index contributed by atoms with van der Waals surface area (Å²) < 4.78 is 36.9. The molecule has 1 saturated heterocycles. The summed E-state index contributed by atoms with van der Waals surface area (Å²) in [5.74, 6) is -0.605. The van der Waals surface area contributed by atoms with Crippen LogP contribution in [0.3, 0.4) is 0 Å². The van der Waals surface area contributed by atoms with Gasteiger partial charge in [0.25, 0.3) is 0 Å². The van der Waals surface area contributed by atoms with E-state index in [-0.39, 0.29) is 40.7 Å². The Morgan fingerprint density at radius 3 is 2.42 bits per heavy atom. The highest BCUT2D eigenvalue weighted by Crippen LogP contribution is 2.36. The summed E-state index contributed by atoms with van der Waals surface area (Å²) in [5, 5.41) is 21.3. The first kappa shape index (κ1) is 25.7. The fraction of sp³-hybridized carbons (Fsp3) is 0.542. The van der Waals surface area contributed by atoms with Gasteiger partial charge in [0.2, 0.25) is 5.95 Å². The summed E-state index contributed by atoms with van der Waals surface area (Å²) in [6.07, 6.45) is 2.41. The molecular weight excluding hydrogens is 468 g/mol. The molecule has 0 atom stereocenters. The predicted molar refractivity (Wildman–Crippen MR) is 133 cm³/mol. The van der Waals surface area contributed by atoms with Crippen LogP contribution in [0.5, 0.6) is 5.75 Å². The first-order valence-electron chi connectivity index (χ1n) is 11.9. The predicted octanol–water partition coefficient (Wildman–Crippen LogP) is 4.20. The van der Waals surface area contributed by atoms with Gasteiger partial charge in [0, 0.05) is 35.9 Å². The number of piperidine rings is 1. The zero-order valence-electron chi connectivity index (χ0n) is 21.6. The molecule has 194 valence electrons. The molecule has 4 rings (SSSR count). The maximum absolute atomic E-state index is 15.1. The number of aromatic nitrogens is 6. The molecule has 10 nitrogen and oxygen atoms in total. The number of anilines is 3. The Kier molecular flexibility index (Phi) is 6.82. The van der Waals surface area contributed by atoms with E-state index in [1.807, 2.05) is 0 Å². The molecule has 0 spiro atoms. The second-order valence-electron chi connectivity index (χ2n) is 10.8. The number of nitrogens with zero attached hydrogens (tertiary/aromatic N) is 6. The number of halogens is 2. The average molecular weight is 502 g/mol. The largest absolute Gasteiger partial charge is 0.487 e. The van der Waals surface area contributed by atoms with Crippen molar-refractivity contribution in [2.45, 2.75) is 77.6 Å². The number of ether oxygens (including phenoxy) is 1. The molecule has 0 bridgehead atoms. The molecule has 3 heterocycles. The summed E-state index contributed by atoms with van der Waals surface area (Å²) >= 11 is 0. The molecule has 0 radical (unpaired) electrons. The topological polar surface area (TPSA) is 115 Å². The van der Waals surface area contributed by atoms with E-state index in [9.17, 15) is 4.39 Å². The van der Waals surface area contributed by atoms with Gasteiger partial charge in [-0.15, -0.1) is 5.10 Å². The fourth-order valence-electron chi connectivity index (χ4n) is 4.92. The molecule has 3 aromatic rings. The highest BCUT2D eigenvalue weighted by Gasteiger charge is 2.38. The van der Waals surface area contributed by atoms with Crippen LogP contribution < -0.4 is 20.7 Å². The molecule has 12 heteroatoms. The average Bonchev–Trinajstić information content (AvgIpc) is 3.15. The van der Waals surface area contributed by atoms with Crippen LogP contribution in [0.15, 0.2) is 18.3 Å². The molecule has 1 aliphatic rings. The van der Waals surface area contributed by atoms with Gasteiger partial charge in [-0.3, -0.25) is 0 Å². The maximum atomic E-state index is 15.1. The summed E-state index contributed by atoms with van der Waals surface area (Å²) in [6, 6.07) is 2.92. The van der Waals surface area contributed by atoms with Crippen LogP contribution in [0.2, 0.25) is 0 Å². The summed E-state index contributed by atoms with van der Waals surface area (Å²) in [7, 11) is 1.65. The van der Waals surface area contributed by atoms with E-state index < -0.39 is 11.6 Å². The van der Waals surface area contributed by atoms with E-state index in [1.54, 1.807) is 27.0 Å². The number of tetrazole rings is 1. The highest BCUT2D eigenvalue weighted by molar-refractivity contribution is 5.72. The van der Waals surface area contributed by atoms with Crippen molar-refractivity contribution in [2.24, 2.45) is 7.05 Å². The van der Waals surface area contributed by atoms with Crippen molar-refractivity contribution in [3.8, 4) is 17.1 Å². The van der Waals surface area contributed by atoms with Gasteiger partial charge in [0.05, 0.1) is 17.9 Å². The van der Waals surface area contributed by atoms with Crippen molar-refractivity contribution >= 4 is 17.5 Å². The highest BCUT2D eigenvalue weighted by atomic mass is 19.1. The van der Waals surface area contributed by atoms with Gasteiger partial charge < -0.3 is 20.7 Å². The van der Waals surface area contributed by atoms with Crippen molar-refractivity contribution < 1.29 is 13.5 Å². The van der Waals surface area contributed by atoms with Crippen molar-refractivity contribution in [3.05, 3.63) is 30.0 Å². The van der Waals surface area contributed by atoms with Gasteiger partial charge in [-0.05, 0) is 70.9 Å². The van der Waals surface area contributed by atoms with E-state index in [2.05, 4.69) is 69.1 Å². The lowest BCUT2D eigenvalue weighted by Gasteiger charge is -2.46. The third-order valence-electron chi connectivity index (χ3n) is 5.79. The maximum Gasteiger partial charge on any atom is 0.229 e. The zero-order valence-corrected chi connectivity index (χ0v) is 21.6. The Bertz CT molecular complexity index is 1230. The first-order valence-corrected chi connectivity index (χ1v) is 11.9. The number of hydrogen-bond donors (Lipinski definition) is 3. The van der Waals surface area contributed by atoms with Crippen LogP contribution >= 0.6 is 0 Å². The van der Waals surface area contributed by atoms with Gasteiger partial charge in [0.1, 0.15) is 0 Å². The minimum Gasteiger partial charge on any atom is -0.487 e. The zero-order chi connectivity index (χ0) is 26.3. The molecule has 1 fully saturated rings. The van der Waals surface area contributed by atoms with Gasteiger partial charge in [-0.1, -0.05) is 0 Å². The quantitative estimate of drug-likeness (QED) is 0.438. The van der Waals surface area contributed by atoms with Gasteiger partial charge in [-0.25, -0.2) is 18.4 Å². The number of benzene rings is 1. The number of nitrogens with one attached hydrogen (secondary N) is 3. The Balaban J connectivity index is 1.62. The van der Waals surface area contributed by atoms with E-state index in [0.29, 0.717) is 17.1 Å². The van der Waals surface area contributed by atoms with Gasteiger partial charge in [0.15, 0.2) is 29.0 Å². The molecule has 0 amide bonds. The Morgan fingerprint density at radius 2 is 1.81 bits per heavy atom. The smallest absolute Gasteiger partial charge is 0.229 e. The third kappa shape index (κ3) is 5.86. The lowest BCUT2D eigenvalue weighted by atomic mass is 9.79. The van der Waals surface area contributed by atoms with E-state index in [0.717, 1.165) is 19.0 Å². The molecule has 2 aromatic heterocycles. The summed E-state index contributed by atoms with van der Waals surface area (Å²) in [4.78, 5) is 8.39. The molecule has 0 saturated carbocycles. The molecule has 1 aromatic carbocycles. The van der Waals surface area contributed by atoms with Crippen LogP contribution in [0, 0.1) is 11.6 Å². The van der Waals surface area contributed by atoms with Crippen LogP contribution in [0.25, 0.3) is 11.4 Å². The fourth-order valence-corrected chi connectivity index (χ4v) is 4.92. The van der Waals surface area contributed by atoms with Crippen LogP contribution in [0.4, 0.5) is 26.2 Å². The lowest BCUT2D eigenvalue weighted by Crippen LogP contribution is -2.60. The molecule has 0 aliphatic carbocycles. The minimum absolute atomic E-state index is 0.00780. The normalized spacial score (nSPS) is 17.3. The standard InChI is InChI=1S/C24H33F2N9O/c1-13(2)36-19-16(21-31-33-34-35(21)7)8-14(9-17(19)25)29-22-27-12-18(26)20(30-22)28-15-10-23(3,4)32-24(5,6)11-15/h8-9,12-13,15,32H,10-11H2,1-7H3,(H2,27,28,29,30). The molecule has 1 aliphatic heterocycles. The lowest BCUT2D eigenvalue weighted by molar-refractivity contribution is 0.170. The molecule has 3 N–H and O–H groups in total. The van der Waals surface area contributed by atoms with Crippen molar-refractivity contribution in [1.82, 2.24) is 35.5 Å². The molecule has 0 unspecified atom stereocenters. The number of aryl methyl sites for hydroxylation is 1. The van der Waals surface area contributed by atoms with E-state index >= 15 is 4.39 Å². The van der Waals surface area contributed by atoms with Crippen LogP contribution in [-0.4, -0.2) is 53.4 Å². The van der Waals surface area contributed by atoms with Crippen molar-refractivity contribution in [1.29, 1.82) is 0 Å². The molecular formula is C24H33F2N9O. The van der Waals surface area contributed by atoms with E-state index in [1.165, 1.54) is 10.7 Å².